The van der Waals surface area contributed by atoms with E-state index < -0.39 is 6.04 Å². The molecule has 1 aliphatic heterocycles. The lowest BCUT2D eigenvalue weighted by Gasteiger charge is -2.25. The van der Waals surface area contributed by atoms with Crippen molar-refractivity contribution in [1.82, 2.24) is 4.90 Å². The second-order valence-corrected chi connectivity index (χ2v) is 9.62. The van der Waals surface area contributed by atoms with Gasteiger partial charge in [-0.2, -0.15) is 0 Å². The number of rotatable bonds is 9. The van der Waals surface area contributed by atoms with E-state index in [1.807, 2.05) is 57.2 Å². The van der Waals surface area contributed by atoms with E-state index in [4.69, 9.17) is 13.9 Å². The molecule has 0 aliphatic carbocycles. The molecule has 0 fully saturated rings. The fourth-order valence-electron chi connectivity index (χ4n) is 4.27. The Morgan fingerprint density at radius 3 is 2.44 bits per heavy atom. The lowest BCUT2D eigenvalue weighted by molar-refractivity contribution is 0.0593. The topological polar surface area (TPSA) is 69.0 Å². The summed E-state index contributed by atoms with van der Waals surface area (Å²) in [6.45, 7) is 11.7. The van der Waals surface area contributed by atoms with Gasteiger partial charge in [-0.15, -0.1) is 0 Å². The summed E-state index contributed by atoms with van der Waals surface area (Å²) in [5, 5.41) is 0.499. The van der Waals surface area contributed by atoms with Crippen molar-refractivity contribution in [2.24, 2.45) is 5.92 Å². The van der Waals surface area contributed by atoms with Crippen LogP contribution in [0.4, 0.5) is 0 Å². The molecule has 6 heteroatoms. The average Bonchev–Trinajstić information content (AvgIpc) is 3.08. The molecule has 1 aromatic heterocycles. The predicted octanol–water partition coefficient (Wildman–Crippen LogP) is 5.50. The number of amides is 1. The van der Waals surface area contributed by atoms with Gasteiger partial charge < -0.3 is 18.8 Å². The van der Waals surface area contributed by atoms with Crippen LogP contribution in [-0.2, 0) is 4.74 Å². The molecule has 0 saturated heterocycles. The van der Waals surface area contributed by atoms with E-state index in [9.17, 15) is 9.59 Å². The van der Waals surface area contributed by atoms with Gasteiger partial charge in [0.05, 0.1) is 29.7 Å². The number of benzene rings is 2. The summed E-state index contributed by atoms with van der Waals surface area (Å²) in [6.07, 6.45) is 0.786. The maximum absolute atomic E-state index is 13.6. The fourth-order valence-corrected chi connectivity index (χ4v) is 4.27. The van der Waals surface area contributed by atoms with Crippen LogP contribution in [0.1, 0.15) is 67.4 Å². The Hall–Kier alpha value is -3.12. The summed E-state index contributed by atoms with van der Waals surface area (Å²) in [7, 11) is 0. The van der Waals surface area contributed by atoms with Gasteiger partial charge in [-0.1, -0.05) is 37.6 Å². The molecular weight excluding hydrogens is 430 g/mol. The first-order valence-corrected chi connectivity index (χ1v) is 12.0. The molecule has 4 rings (SSSR count). The van der Waals surface area contributed by atoms with Gasteiger partial charge in [0.15, 0.2) is 5.43 Å². The summed E-state index contributed by atoms with van der Waals surface area (Å²) in [5.41, 5.74) is 2.51. The summed E-state index contributed by atoms with van der Waals surface area (Å²) in [4.78, 5) is 28.8. The molecule has 0 unspecified atom stereocenters. The van der Waals surface area contributed by atoms with Crippen molar-refractivity contribution in [3.8, 4) is 5.75 Å². The van der Waals surface area contributed by atoms with Crippen LogP contribution < -0.4 is 10.2 Å². The zero-order valence-electron chi connectivity index (χ0n) is 20.6. The fraction of sp³-hybridized carbons (Fsp3) is 0.429. The van der Waals surface area contributed by atoms with Crippen LogP contribution in [0.25, 0.3) is 11.0 Å². The van der Waals surface area contributed by atoms with Gasteiger partial charge in [0.2, 0.25) is 5.76 Å². The Morgan fingerprint density at radius 1 is 1.03 bits per heavy atom. The third-order valence-electron chi connectivity index (χ3n) is 5.89. The number of fused-ring (bicyclic) bond motifs is 2. The van der Waals surface area contributed by atoms with Crippen LogP contribution in [0.5, 0.6) is 5.75 Å². The molecule has 3 aromatic rings. The minimum atomic E-state index is -0.512. The SMILES string of the molecule is Cc1ccc2oc3c(c(=O)c2c1)[C@@H](c1ccc(OCC(C)C)cc1)N(CCCOC(C)C)C3=O. The molecule has 0 radical (unpaired) electrons. The molecule has 1 aliphatic rings. The minimum Gasteiger partial charge on any atom is -0.493 e. The highest BCUT2D eigenvalue weighted by atomic mass is 16.5. The third kappa shape index (κ3) is 4.87. The minimum absolute atomic E-state index is 0.123. The van der Waals surface area contributed by atoms with Crippen molar-refractivity contribution >= 4 is 16.9 Å². The van der Waals surface area contributed by atoms with Crippen LogP contribution in [0.15, 0.2) is 51.7 Å². The maximum atomic E-state index is 13.6. The summed E-state index contributed by atoms with van der Waals surface area (Å²) in [5.74, 6) is 1.06. The molecule has 2 heterocycles. The number of carbonyl (C=O) groups excluding carboxylic acids is 1. The van der Waals surface area contributed by atoms with Crippen LogP contribution in [0, 0.1) is 12.8 Å². The molecular formula is C28H33NO5. The van der Waals surface area contributed by atoms with E-state index in [0.717, 1.165) is 16.9 Å². The monoisotopic (exact) mass is 463 g/mol. The number of carbonyl (C=O) groups is 1. The molecule has 2 aromatic carbocycles. The predicted molar refractivity (Wildman–Crippen MR) is 133 cm³/mol. The molecule has 0 spiro atoms. The Bertz CT molecular complexity index is 1230. The molecule has 0 bridgehead atoms. The molecule has 180 valence electrons. The van der Waals surface area contributed by atoms with E-state index in [0.29, 0.717) is 48.6 Å². The van der Waals surface area contributed by atoms with Gasteiger partial charge in [-0.3, -0.25) is 9.59 Å². The van der Waals surface area contributed by atoms with E-state index in [1.54, 1.807) is 11.0 Å². The molecule has 6 nitrogen and oxygen atoms in total. The summed E-state index contributed by atoms with van der Waals surface area (Å²) >= 11 is 0. The standard InChI is InChI=1S/C28H33NO5/c1-17(2)16-33-21-10-8-20(9-11-21)25-24-26(30)22-15-19(5)7-12-23(22)34-27(24)28(31)29(25)13-6-14-32-18(3)4/h7-12,15,17-18,25H,6,13-14,16H2,1-5H3/t25-/m1/s1. The normalized spacial score (nSPS) is 15.6. The zero-order chi connectivity index (χ0) is 24.4. The summed E-state index contributed by atoms with van der Waals surface area (Å²) < 4.78 is 17.5. The Morgan fingerprint density at radius 2 is 1.76 bits per heavy atom. The number of hydrogen-bond acceptors (Lipinski definition) is 5. The second kappa shape index (κ2) is 10.0. The first-order chi connectivity index (χ1) is 16.3. The first-order valence-electron chi connectivity index (χ1n) is 12.0. The summed E-state index contributed by atoms with van der Waals surface area (Å²) in [6, 6.07) is 12.6. The molecule has 0 saturated carbocycles. The molecule has 1 amide bonds. The number of ether oxygens (including phenoxy) is 2. The van der Waals surface area contributed by atoms with Crippen molar-refractivity contribution in [3.63, 3.8) is 0 Å². The van der Waals surface area contributed by atoms with Gasteiger partial charge in [0, 0.05) is 13.2 Å². The van der Waals surface area contributed by atoms with Crippen LogP contribution >= 0.6 is 0 Å². The number of hydrogen-bond donors (Lipinski definition) is 0. The van der Waals surface area contributed by atoms with E-state index in [2.05, 4.69) is 13.8 Å². The molecule has 1 atom stereocenters. The Labute approximate surface area is 200 Å². The van der Waals surface area contributed by atoms with Gasteiger partial charge >= 0.3 is 0 Å². The zero-order valence-corrected chi connectivity index (χ0v) is 20.6. The number of nitrogens with zero attached hydrogens (tertiary/aromatic N) is 1. The second-order valence-electron chi connectivity index (χ2n) is 9.62. The van der Waals surface area contributed by atoms with Crippen molar-refractivity contribution in [2.45, 2.75) is 53.2 Å². The van der Waals surface area contributed by atoms with Gasteiger partial charge in [-0.05, 0) is 62.9 Å². The van der Waals surface area contributed by atoms with Crippen molar-refractivity contribution in [3.05, 3.63) is 75.1 Å². The smallest absolute Gasteiger partial charge is 0.290 e. The van der Waals surface area contributed by atoms with Gasteiger partial charge in [0.25, 0.3) is 5.91 Å². The van der Waals surface area contributed by atoms with Crippen molar-refractivity contribution in [2.75, 3.05) is 19.8 Å². The average molecular weight is 464 g/mol. The van der Waals surface area contributed by atoms with Crippen LogP contribution in [-0.4, -0.2) is 36.7 Å². The van der Waals surface area contributed by atoms with E-state index in [1.165, 1.54) is 0 Å². The largest absolute Gasteiger partial charge is 0.493 e. The van der Waals surface area contributed by atoms with Crippen molar-refractivity contribution in [1.29, 1.82) is 0 Å². The lowest BCUT2D eigenvalue weighted by atomic mass is 9.98. The van der Waals surface area contributed by atoms with E-state index >= 15 is 0 Å². The van der Waals surface area contributed by atoms with Gasteiger partial charge in [0.1, 0.15) is 11.3 Å². The van der Waals surface area contributed by atoms with E-state index in [-0.39, 0.29) is 23.2 Å². The molecule has 0 N–H and O–H groups in total. The Kier molecular flexibility index (Phi) is 7.08. The first kappa shape index (κ1) is 24.0. The Balaban J connectivity index is 1.74. The highest BCUT2D eigenvalue weighted by molar-refractivity contribution is 5.99. The highest BCUT2D eigenvalue weighted by Gasteiger charge is 2.42. The quantitative estimate of drug-likeness (QED) is 0.392. The molecule has 34 heavy (non-hydrogen) atoms. The van der Waals surface area contributed by atoms with Crippen LogP contribution in [0.2, 0.25) is 0 Å². The maximum Gasteiger partial charge on any atom is 0.290 e. The third-order valence-corrected chi connectivity index (χ3v) is 5.89. The van der Waals surface area contributed by atoms with Crippen molar-refractivity contribution < 1.29 is 18.7 Å². The number of aryl methyl sites for hydroxylation is 1. The highest BCUT2D eigenvalue weighted by Crippen LogP contribution is 2.38. The van der Waals surface area contributed by atoms with Gasteiger partial charge in [-0.25, -0.2) is 0 Å². The lowest BCUT2D eigenvalue weighted by Crippen LogP contribution is -2.31. The van der Waals surface area contributed by atoms with Crippen LogP contribution in [0.3, 0.4) is 0 Å².